The summed E-state index contributed by atoms with van der Waals surface area (Å²) < 4.78 is 32.3. The van der Waals surface area contributed by atoms with E-state index in [4.69, 9.17) is 0 Å². The second kappa shape index (κ2) is 4.72. The molecule has 1 aliphatic rings. The van der Waals surface area contributed by atoms with Crippen LogP contribution in [0.15, 0.2) is 12.2 Å². The Balaban J connectivity index is 3.27. The number of carbonyl (C=O) groups excluding carboxylic acids is 2. The molecule has 1 unspecified atom stereocenters. The molecule has 0 bridgehead atoms. The molecule has 1 saturated carbocycles. The van der Waals surface area contributed by atoms with Gasteiger partial charge in [0, 0.05) is 6.26 Å². The number of hydrogen-bond donors (Lipinski definition) is 0. The van der Waals surface area contributed by atoms with Crippen molar-refractivity contribution in [2.75, 3.05) is 20.5 Å². The van der Waals surface area contributed by atoms with Crippen LogP contribution in [-0.4, -0.2) is 46.1 Å². The maximum atomic E-state index is 11.8. The van der Waals surface area contributed by atoms with Gasteiger partial charge in [0.15, 0.2) is 15.3 Å². The van der Waals surface area contributed by atoms with Crippen LogP contribution in [0.5, 0.6) is 0 Å². The number of carbonyl (C=O) groups is 2. The van der Waals surface area contributed by atoms with Crippen LogP contribution in [0.3, 0.4) is 0 Å². The Morgan fingerprint density at radius 3 is 2.00 bits per heavy atom. The Labute approximate surface area is 106 Å². The molecular weight excluding hydrogens is 260 g/mol. The average molecular weight is 276 g/mol. The standard InChI is InChI=1S/C11H16O6S/c1-7-5-8(18(4,14)15)6-11(7,9(12)16-2)10(13)17-3/h8H,1,5-6H2,2-4H3. The molecule has 1 aliphatic carbocycles. The van der Waals surface area contributed by atoms with Crippen LogP contribution in [0.2, 0.25) is 0 Å². The highest BCUT2D eigenvalue weighted by atomic mass is 32.2. The van der Waals surface area contributed by atoms with Gasteiger partial charge in [-0.3, -0.25) is 9.59 Å². The van der Waals surface area contributed by atoms with E-state index in [2.05, 4.69) is 16.1 Å². The molecule has 0 N–H and O–H groups in total. The minimum Gasteiger partial charge on any atom is -0.468 e. The maximum absolute atomic E-state index is 11.8. The largest absolute Gasteiger partial charge is 0.468 e. The SMILES string of the molecule is C=C1CC(S(C)(=O)=O)CC1(C(=O)OC)C(=O)OC. The molecule has 7 heteroatoms. The van der Waals surface area contributed by atoms with Crippen LogP contribution in [0.4, 0.5) is 0 Å². The Morgan fingerprint density at radius 2 is 1.72 bits per heavy atom. The van der Waals surface area contributed by atoms with Gasteiger partial charge in [0.25, 0.3) is 0 Å². The Bertz CT molecular complexity index is 474. The van der Waals surface area contributed by atoms with E-state index in [0.717, 1.165) is 20.5 Å². The molecule has 18 heavy (non-hydrogen) atoms. The van der Waals surface area contributed by atoms with E-state index < -0.39 is 32.4 Å². The summed E-state index contributed by atoms with van der Waals surface area (Å²) in [7, 11) is -1.10. The Hall–Kier alpha value is -1.37. The Morgan fingerprint density at radius 1 is 1.28 bits per heavy atom. The molecule has 0 aliphatic heterocycles. The molecule has 1 atom stereocenters. The van der Waals surface area contributed by atoms with Crippen molar-refractivity contribution in [2.24, 2.45) is 5.41 Å². The molecule has 102 valence electrons. The monoisotopic (exact) mass is 276 g/mol. The zero-order valence-electron chi connectivity index (χ0n) is 10.6. The number of esters is 2. The van der Waals surface area contributed by atoms with Crippen molar-refractivity contribution in [1.29, 1.82) is 0 Å². The molecular formula is C11H16O6S. The van der Waals surface area contributed by atoms with E-state index in [9.17, 15) is 18.0 Å². The molecule has 0 aromatic heterocycles. The summed E-state index contributed by atoms with van der Waals surface area (Å²) in [5, 5.41) is -0.816. The third-order valence-corrected chi connectivity index (χ3v) is 4.83. The van der Waals surface area contributed by atoms with Crippen molar-refractivity contribution in [1.82, 2.24) is 0 Å². The highest BCUT2D eigenvalue weighted by Crippen LogP contribution is 2.46. The summed E-state index contributed by atoms with van der Waals surface area (Å²) in [5.41, 5.74) is -1.48. The molecule has 1 fully saturated rings. The number of methoxy groups -OCH3 is 2. The summed E-state index contributed by atoms with van der Waals surface area (Å²) in [4.78, 5) is 23.7. The normalized spacial score (nSPS) is 22.6. The van der Waals surface area contributed by atoms with Gasteiger partial charge in [-0.2, -0.15) is 0 Å². The molecule has 0 amide bonds. The lowest BCUT2D eigenvalue weighted by molar-refractivity contribution is -0.165. The van der Waals surface area contributed by atoms with Crippen molar-refractivity contribution in [3.05, 3.63) is 12.2 Å². The lowest BCUT2D eigenvalue weighted by Gasteiger charge is -2.24. The van der Waals surface area contributed by atoms with E-state index in [1.807, 2.05) is 0 Å². The first-order valence-electron chi connectivity index (χ1n) is 5.24. The summed E-state index contributed by atoms with van der Waals surface area (Å²) in [6.45, 7) is 3.64. The van der Waals surface area contributed by atoms with Gasteiger partial charge in [-0.25, -0.2) is 8.42 Å². The molecule has 0 spiro atoms. The van der Waals surface area contributed by atoms with Gasteiger partial charge >= 0.3 is 11.9 Å². The summed E-state index contributed by atoms with van der Waals surface area (Å²) in [6.07, 6.45) is 0.947. The van der Waals surface area contributed by atoms with Crippen LogP contribution < -0.4 is 0 Å². The third kappa shape index (κ3) is 2.14. The number of sulfone groups is 1. The Kier molecular flexibility index (Phi) is 3.85. The first kappa shape index (κ1) is 14.7. The lowest BCUT2D eigenvalue weighted by atomic mass is 9.83. The van der Waals surface area contributed by atoms with E-state index >= 15 is 0 Å². The molecule has 0 aromatic carbocycles. The minimum absolute atomic E-state index is 0.0586. The lowest BCUT2D eigenvalue weighted by Crippen LogP contribution is -2.41. The number of ether oxygens (including phenoxy) is 2. The summed E-state index contributed by atoms with van der Waals surface area (Å²) in [6, 6.07) is 0. The van der Waals surface area contributed by atoms with E-state index in [-0.39, 0.29) is 18.4 Å². The van der Waals surface area contributed by atoms with Crippen molar-refractivity contribution in [2.45, 2.75) is 18.1 Å². The van der Waals surface area contributed by atoms with Gasteiger partial charge in [-0.05, 0) is 18.4 Å². The molecule has 0 aromatic rings. The van der Waals surface area contributed by atoms with Gasteiger partial charge in [-0.15, -0.1) is 0 Å². The molecule has 0 saturated heterocycles. The van der Waals surface area contributed by atoms with Crippen molar-refractivity contribution in [3.63, 3.8) is 0 Å². The molecule has 6 nitrogen and oxygen atoms in total. The van der Waals surface area contributed by atoms with Gasteiger partial charge in [-0.1, -0.05) is 6.58 Å². The zero-order valence-corrected chi connectivity index (χ0v) is 11.4. The molecule has 0 heterocycles. The second-order valence-corrected chi connectivity index (χ2v) is 6.68. The van der Waals surface area contributed by atoms with Crippen molar-refractivity contribution < 1.29 is 27.5 Å². The van der Waals surface area contributed by atoms with Crippen LogP contribution in [0.1, 0.15) is 12.8 Å². The van der Waals surface area contributed by atoms with Crippen molar-refractivity contribution >= 4 is 21.8 Å². The maximum Gasteiger partial charge on any atom is 0.327 e. The molecule has 1 rings (SSSR count). The highest BCUT2D eigenvalue weighted by Gasteiger charge is 2.58. The average Bonchev–Trinajstić information content (AvgIpc) is 2.66. The third-order valence-electron chi connectivity index (χ3n) is 3.28. The van der Waals surface area contributed by atoms with E-state index in [0.29, 0.717) is 0 Å². The fourth-order valence-corrected chi connectivity index (χ4v) is 3.25. The topological polar surface area (TPSA) is 86.7 Å². The van der Waals surface area contributed by atoms with Gasteiger partial charge in [0.2, 0.25) is 0 Å². The fraction of sp³-hybridized carbons (Fsp3) is 0.636. The predicted molar refractivity (Wildman–Crippen MR) is 63.5 cm³/mol. The fourth-order valence-electron chi connectivity index (χ4n) is 2.20. The van der Waals surface area contributed by atoms with Crippen LogP contribution in [-0.2, 0) is 28.9 Å². The first-order valence-corrected chi connectivity index (χ1v) is 7.19. The van der Waals surface area contributed by atoms with Gasteiger partial charge in [0.05, 0.1) is 19.5 Å². The second-order valence-electron chi connectivity index (χ2n) is 4.35. The first-order chi connectivity index (χ1) is 8.20. The summed E-state index contributed by atoms with van der Waals surface area (Å²) in [5.74, 6) is -1.66. The quantitative estimate of drug-likeness (QED) is 0.412. The van der Waals surface area contributed by atoms with Crippen LogP contribution in [0.25, 0.3) is 0 Å². The van der Waals surface area contributed by atoms with Crippen LogP contribution >= 0.6 is 0 Å². The van der Waals surface area contributed by atoms with Gasteiger partial charge < -0.3 is 9.47 Å². The number of rotatable bonds is 3. The summed E-state index contributed by atoms with van der Waals surface area (Å²) >= 11 is 0. The minimum atomic E-state index is -3.37. The van der Waals surface area contributed by atoms with E-state index in [1.54, 1.807) is 0 Å². The zero-order chi connectivity index (χ0) is 14.1. The number of hydrogen-bond acceptors (Lipinski definition) is 6. The van der Waals surface area contributed by atoms with Gasteiger partial charge in [0.1, 0.15) is 0 Å². The highest BCUT2D eigenvalue weighted by molar-refractivity contribution is 7.91. The van der Waals surface area contributed by atoms with Crippen LogP contribution in [0, 0.1) is 5.41 Å². The predicted octanol–water partition coefficient (Wildman–Crippen LogP) is 0.0820. The van der Waals surface area contributed by atoms with Crippen molar-refractivity contribution in [3.8, 4) is 0 Å². The smallest absolute Gasteiger partial charge is 0.327 e. The molecule has 0 radical (unpaired) electrons. The van der Waals surface area contributed by atoms with E-state index in [1.165, 1.54) is 0 Å².